The fourth-order valence-corrected chi connectivity index (χ4v) is 5.57. The number of hydrogen-bond donors (Lipinski definition) is 1. The van der Waals surface area contributed by atoms with Gasteiger partial charge >= 0.3 is 0 Å². The van der Waals surface area contributed by atoms with Crippen molar-refractivity contribution in [3.05, 3.63) is 18.2 Å². The van der Waals surface area contributed by atoms with Crippen LogP contribution < -0.4 is 5.32 Å². The van der Waals surface area contributed by atoms with Gasteiger partial charge in [0.25, 0.3) is 0 Å². The van der Waals surface area contributed by atoms with Crippen molar-refractivity contribution in [3.63, 3.8) is 0 Å². The molecular formula is C22H39IN6. The largest absolute Gasteiger partial charge is 0.357 e. The molecule has 4 rings (SSSR count). The molecule has 2 bridgehead atoms. The monoisotopic (exact) mass is 514 g/mol. The molecule has 1 aromatic heterocycles. The molecule has 1 aliphatic heterocycles. The normalized spacial score (nSPS) is 27.3. The Morgan fingerprint density at radius 3 is 2.62 bits per heavy atom. The second-order valence-electron chi connectivity index (χ2n) is 8.88. The summed E-state index contributed by atoms with van der Waals surface area (Å²) in [5, 5.41) is 3.52. The van der Waals surface area contributed by atoms with Crippen molar-refractivity contribution in [1.82, 2.24) is 24.7 Å². The Labute approximate surface area is 193 Å². The van der Waals surface area contributed by atoms with E-state index in [1.807, 2.05) is 6.20 Å². The lowest BCUT2D eigenvalue weighted by Crippen LogP contribution is -2.55. The summed E-state index contributed by atoms with van der Waals surface area (Å²) in [4.78, 5) is 14.5. The summed E-state index contributed by atoms with van der Waals surface area (Å²) in [7, 11) is 0. The third-order valence-electron chi connectivity index (χ3n) is 7.11. The highest BCUT2D eigenvalue weighted by Gasteiger charge is 2.42. The molecule has 6 nitrogen and oxygen atoms in total. The van der Waals surface area contributed by atoms with Crippen LogP contribution in [0.5, 0.6) is 0 Å². The van der Waals surface area contributed by atoms with E-state index in [4.69, 9.17) is 4.99 Å². The molecule has 164 valence electrons. The summed E-state index contributed by atoms with van der Waals surface area (Å²) >= 11 is 0. The number of rotatable bonds is 7. The average molecular weight is 515 g/mol. The van der Waals surface area contributed by atoms with Crippen LogP contribution in [0.25, 0.3) is 0 Å². The van der Waals surface area contributed by atoms with Gasteiger partial charge in [-0.2, -0.15) is 0 Å². The SMILES string of the molecule is CCNC(=NCCCCn1ccnc1C)N1CCN(C2CC3CCC2C3)CC1.I. The van der Waals surface area contributed by atoms with E-state index in [-0.39, 0.29) is 24.0 Å². The minimum atomic E-state index is 0. The van der Waals surface area contributed by atoms with Crippen LogP contribution in [0, 0.1) is 18.8 Å². The van der Waals surface area contributed by atoms with Crippen LogP contribution in [0.15, 0.2) is 17.4 Å². The van der Waals surface area contributed by atoms with E-state index >= 15 is 0 Å². The number of aliphatic imine (C=N–C) groups is 1. The Kier molecular flexibility index (Phi) is 8.65. The molecule has 0 amide bonds. The van der Waals surface area contributed by atoms with Gasteiger partial charge in [-0.25, -0.2) is 4.98 Å². The molecule has 3 unspecified atom stereocenters. The second kappa shape index (κ2) is 11.0. The van der Waals surface area contributed by atoms with Crippen molar-refractivity contribution >= 4 is 29.9 Å². The minimum absolute atomic E-state index is 0. The third kappa shape index (κ3) is 5.66. The van der Waals surface area contributed by atoms with E-state index in [0.29, 0.717) is 0 Å². The lowest BCUT2D eigenvalue weighted by Gasteiger charge is -2.42. The molecule has 0 aromatic carbocycles. The molecule has 7 heteroatoms. The number of imidazole rings is 1. The van der Waals surface area contributed by atoms with Crippen molar-refractivity contribution in [2.24, 2.45) is 16.8 Å². The molecule has 1 saturated heterocycles. The Hall–Kier alpha value is -0.830. The summed E-state index contributed by atoms with van der Waals surface area (Å²) in [6, 6.07) is 0.882. The standard InChI is InChI=1S/C22H38N6.HI/c1-3-23-22(25-8-4-5-10-26-11-9-24-18(26)2)28-14-12-27(13-15-28)21-17-19-6-7-20(21)16-19;/h9,11,19-21H,3-8,10,12-17H2,1-2H3,(H,23,25);1H. The molecule has 1 N–H and O–H groups in total. The lowest BCUT2D eigenvalue weighted by molar-refractivity contribution is 0.0958. The first-order valence-electron chi connectivity index (χ1n) is 11.5. The minimum Gasteiger partial charge on any atom is -0.357 e. The first kappa shape index (κ1) is 22.8. The first-order valence-corrected chi connectivity index (χ1v) is 11.5. The molecule has 3 fully saturated rings. The molecule has 3 aliphatic rings. The molecule has 3 atom stereocenters. The third-order valence-corrected chi connectivity index (χ3v) is 7.11. The predicted octanol–water partition coefficient (Wildman–Crippen LogP) is 3.36. The van der Waals surface area contributed by atoms with Crippen LogP contribution in [-0.4, -0.2) is 70.6 Å². The number of aryl methyl sites for hydroxylation is 2. The fourth-order valence-electron chi connectivity index (χ4n) is 5.57. The molecule has 1 aromatic rings. The van der Waals surface area contributed by atoms with Gasteiger partial charge in [-0.1, -0.05) is 6.42 Å². The Bertz CT molecular complexity index is 651. The van der Waals surface area contributed by atoms with E-state index in [0.717, 1.165) is 75.2 Å². The number of guanidine groups is 1. The number of nitrogens with zero attached hydrogens (tertiary/aromatic N) is 5. The van der Waals surface area contributed by atoms with Gasteiger partial charge < -0.3 is 14.8 Å². The Morgan fingerprint density at radius 2 is 2.00 bits per heavy atom. The lowest BCUT2D eigenvalue weighted by atomic mass is 9.93. The quantitative estimate of drug-likeness (QED) is 0.263. The molecule has 0 spiro atoms. The Morgan fingerprint density at radius 1 is 1.17 bits per heavy atom. The number of hydrogen-bond acceptors (Lipinski definition) is 3. The van der Waals surface area contributed by atoms with Crippen LogP contribution in [0.1, 0.15) is 51.3 Å². The second-order valence-corrected chi connectivity index (χ2v) is 8.88. The highest BCUT2D eigenvalue weighted by atomic mass is 127. The molecule has 2 heterocycles. The summed E-state index contributed by atoms with van der Waals surface area (Å²) in [6.07, 6.45) is 12.2. The van der Waals surface area contributed by atoms with Crippen molar-refractivity contribution in [3.8, 4) is 0 Å². The zero-order valence-electron chi connectivity index (χ0n) is 18.2. The van der Waals surface area contributed by atoms with Gasteiger partial charge in [0.15, 0.2) is 5.96 Å². The van der Waals surface area contributed by atoms with Crippen LogP contribution >= 0.6 is 24.0 Å². The topological polar surface area (TPSA) is 48.7 Å². The first-order chi connectivity index (χ1) is 13.7. The van der Waals surface area contributed by atoms with Gasteiger partial charge in [-0.15, -0.1) is 24.0 Å². The molecule has 2 aliphatic carbocycles. The number of nitrogens with one attached hydrogen (secondary N) is 1. The van der Waals surface area contributed by atoms with E-state index < -0.39 is 0 Å². The maximum atomic E-state index is 4.93. The van der Waals surface area contributed by atoms with Gasteiger partial charge in [0, 0.05) is 64.2 Å². The number of unbranched alkanes of at least 4 members (excludes halogenated alkanes) is 1. The smallest absolute Gasteiger partial charge is 0.194 e. The van der Waals surface area contributed by atoms with Crippen molar-refractivity contribution in [1.29, 1.82) is 0 Å². The summed E-state index contributed by atoms with van der Waals surface area (Å²) in [5.41, 5.74) is 0. The summed E-state index contributed by atoms with van der Waals surface area (Å²) < 4.78 is 2.23. The number of aromatic nitrogens is 2. The highest BCUT2D eigenvalue weighted by Crippen LogP contribution is 2.46. The Balaban J connectivity index is 0.00000240. The summed E-state index contributed by atoms with van der Waals surface area (Å²) in [5.74, 6) is 4.26. The van der Waals surface area contributed by atoms with Crippen molar-refractivity contribution in [2.45, 2.75) is 65.0 Å². The maximum Gasteiger partial charge on any atom is 0.194 e. The van der Waals surface area contributed by atoms with Gasteiger partial charge in [-0.05, 0) is 57.8 Å². The highest BCUT2D eigenvalue weighted by molar-refractivity contribution is 14.0. The van der Waals surface area contributed by atoms with Gasteiger partial charge in [0.2, 0.25) is 0 Å². The van der Waals surface area contributed by atoms with Crippen LogP contribution in [0.4, 0.5) is 0 Å². The number of piperazine rings is 1. The van der Waals surface area contributed by atoms with Gasteiger partial charge in [-0.3, -0.25) is 9.89 Å². The summed E-state index contributed by atoms with van der Waals surface area (Å²) in [6.45, 7) is 11.8. The van der Waals surface area contributed by atoms with Crippen molar-refractivity contribution < 1.29 is 0 Å². The zero-order valence-corrected chi connectivity index (χ0v) is 20.6. The van der Waals surface area contributed by atoms with E-state index in [9.17, 15) is 0 Å². The average Bonchev–Trinajstić information content (AvgIpc) is 3.45. The van der Waals surface area contributed by atoms with E-state index in [1.165, 1.54) is 38.8 Å². The fraction of sp³-hybridized carbons (Fsp3) is 0.818. The van der Waals surface area contributed by atoms with E-state index in [2.05, 4.69) is 44.7 Å². The van der Waals surface area contributed by atoms with Gasteiger partial charge in [0.1, 0.15) is 5.82 Å². The molecule has 29 heavy (non-hydrogen) atoms. The van der Waals surface area contributed by atoms with Crippen LogP contribution in [0.3, 0.4) is 0 Å². The molecule has 2 saturated carbocycles. The number of halogens is 1. The maximum absolute atomic E-state index is 4.93. The molecule has 0 radical (unpaired) electrons. The van der Waals surface area contributed by atoms with Gasteiger partial charge in [0.05, 0.1) is 0 Å². The van der Waals surface area contributed by atoms with E-state index in [1.54, 1.807) is 0 Å². The van der Waals surface area contributed by atoms with Crippen molar-refractivity contribution in [2.75, 3.05) is 39.3 Å². The molecular weight excluding hydrogens is 475 g/mol. The van der Waals surface area contributed by atoms with Crippen LogP contribution in [-0.2, 0) is 6.54 Å². The zero-order chi connectivity index (χ0) is 19.3. The number of fused-ring (bicyclic) bond motifs is 2. The van der Waals surface area contributed by atoms with Crippen LogP contribution in [0.2, 0.25) is 0 Å². The predicted molar refractivity (Wildman–Crippen MR) is 130 cm³/mol.